The van der Waals surface area contributed by atoms with Crippen LogP contribution >= 0.6 is 15.9 Å². The zero-order valence-corrected chi connectivity index (χ0v) is 24.8. The quantitative estimate of drug-likeness (QED) is 0.251. The number of hydrogen-bond acceptors (Lipinski definition) is 2. The van der Waals surface area contributed by atoms with Crippen LogP contribution < -0.4 is 5.32 Å². The monoisotopic (exact) mass is 588 g/mol. The van der Waals surface area contributed by atoms with Crippen LogP contribution in [0.1, 0.15) is 80.5 Å². The number of nitrogens with one attached hydrogen (secondary N) is 1. The van der Waals surface area contributed by atoms with Crippen molar-refractivity contribution in [3.05, 3.63) is 106 Å². The molecule has 0 aliphatic heterocycles. The standard InChI is InChI=1S/C34H41BrN2O2/c1-25(2)29-19-16-26(17-20-29)18-21-33(38)37(24-28-12-9-13-30(35)22-28)32(23-27-10-5-3-6-11-27)34(39)36-31-14-7-4-8-15-31/h3,5-6,9-13,16-17,19-20,22,25,31-32H,4,7-8,14-15,18,21,23-24H2,1-2H3,(H,36,39). The summed E-state index contributed by atoms with van der Waals surface area (Å²) in [4.78, 5) is 29.6. The number of halogens is 1. The van der Waals surface area contributed by atoms with Crippen LogP contribution in [0.5, 0.6) is 0 Å². The molecule has 1 unspecified atom stereocenters. The first-order chi connectivity index (χ1) is 18.9. The summed E-state index contributed by atoms with van der Waals surface area (Å²) in [5.41, 5.74) is 4.49. The molecule has 206 valence electrons. The Bertz CT molecular complexity index is 1200. The summed E-state index contributed by atoms with van der Waals surface area (Å²) in [6.45, 7) is 4.76. The fraction of sp³-hybridized carbons (Fsp3) is 0.412. The van der Waals surface area contributed by atoms with Gasteiger partial charge in [-0.25, -0.2) is 0 Å². The number of carbonyl (C=O) groups is 2. The van der Waals surface area contributed by atoms with Gasteiger partial charge in [-0.3, -0.25) is 9.59 Å². The number of amides is 2. The maximum atomic E-state index is 13.9. The average molecular weight is 590 g/mol. The smallest absolute Gasteiger partial charge is 0.243 e. The molecule has 0 bridgehead atoms. The SMILES string of the molecule is CC(C)c1ccc(CCC(=O)N(Cc2cccc(Br)c2)C(Cc2ccccc2)C(=O)NC2CCCCC2)cc1. The van der Waals surface area contributed by atoms with Gasteiger partial charge in [0.1, 0.15) is 6.04 Å². The number of benzene rings is 3. The zero-order chi connectivity index (χ0) is 27.6. The van der Waals surface area contributed by atoms with Crippen molar-refractivity contribution in [2.45, 2.75) is 89.8 Å². The lowest BCUT2D eigenvalue weighted by Gasteiger charge is -2.33. The Morgan fingerprint density at radius 2 is 1.56 bits per heavy atom. The van der Waals surface area contributed by atoms with Crippen molar-refractivity contribution in [1.29, 1.82) is 0 Å². The minimum atomic E-state index is -0.580. The summed E-state index contributed by atoms with van der Waals surface area (Å²) in [5, 5.41) is 3.32. The van der Waals surface area contributed by atoms with Crippen LogP contribution in [0.25, 0.3) is 0 Å². The third kappa shape index (κ3) is 8.79. The van der Waals surface area contributed by atoms with E-state index in [9.17, 15) is 9.59 Å². The highest BCUT2D eigenvalue weighted by Crippen LogP contribution is 2.22. The molecule has 1 saturated carbocycles. The van der Waals surface area contributed by atoms with Crippen molar-refractivity contribution >= 4 is 27.7 Å². The molecule has 1 atom stereocenters. The van der Waals surface area contributed by atoms with E-state index >= 15 is 0 Å². The van der Waals surface area contributed by atoms with E-state index in [0.717, 1.165) is 46.8 Å². The summed E-state index contributed by atoms with van der Waals surface area (Å²) in [6, 6.07) is 26.2. The summed E-state index contributed by atoms with van der Waals surface area (Å²) in [7, 11) is 0. The molecule has 5 heteroatoms. The van der Waals surface area contributed by atoms with Gasteiger partial charge in [0.2, 0.25) is 11.8 Å². The lowest BCUT2D eigenvalue weighted by Crippen LogP contribution is -2.52. The third-order valence-corrected chi connectivity index (χ3v) is 8.23. The van der Waals surface area contributed by atoms with Crippen LogP contribution in [0.4, 0.5) is 0 Å². The molecule has 0 saturated heterocycles. The van der Waals surface area contributed by atoms with E-state index in [4.69, 9.17) is 0 Å². The Hall–Kier alpha value is -2.92. The van der Waals surface area contributed by atoms with Gasteiger partial charge in [0.05, 0.1) is 0 Å². The lowest BCUT2D eigenvalue weighted by molar-refractivity contribution is -0.141. The molecule has 1 N–H and O–H groups in total. The van der Waals surface area contributed by atoms with Gasteiger partial charge < -0.3 is 10.2 Å². The maximum Gasteiger partial charge on any atom is 0.243 e. The molecule has 39 heavy (non-hydrogen) atoms. The Morgan fingerprint density at radius 1 is 0.872 bits per heavy atom. The van der Waals surface area contributed by atoms with E-state index in [1.807, 2.05) is 59.5 Å². The van der Waals surface area contributed by atoms with Crippen molar-refractivity contribution in [3.63, 3.8) is 0 Å². The number of hydrogen-bond donors (Lipinski definition) is 1. The van der Waals surface area contributed by atoms with Crippen molar-refractivity contribution < 1.29 is 9.59 Å². The van der Waals surface area contributed by atoms with Crippen molar-refractivity contribution in [2.24, 2.45) is 0 Å². The highest BCUT2D eigenvalue weighted by atomic mass is 79.9. The molecular formula is C34H41BrN2O2. The second-order valence-corrected chi connectivity index (χ2v) is 12.0. The molecule has 3 aromatic carbocycles. The maximum absolute atomic E-state index is 13.9. The zero-order valence-electron chi connectivity index (χ0n) is 23.2. The van der Waals surface area contributed by atoms with Gasteiger partial charge in [-0.2, -0.15) is 0 Å². The topological polar surface area (TPSA) is 49.4 Å². The van der Waals surface area contributed by atoms with Gasteiger partial charge in [-0.05, 0) is 59.6 Å². The molecule has 1 aliphatic rings. The normalized spacial score (nSPS) is 14.7. The number of rotatable bonds is 11. The van der Waals surface area contributed by atoms with Crippen molar-refractivity contribution in [1.82, 2.24) is 10.2 Å². The Kier molecular flexibility index (Phi) is 10.8. The minimum Gasteiger partial charge on any atom is -0.352 e. The Labute approximate surface area is 242 Å². The Balaban J connectivity index is 1.59. The largest absolute Gasteiger partial charge is 0.352 e. The average Bonchev–Trinajstić information content (AvgIpc) is 2.95. The summed E-state index contributed by atoms with van der Waals surface area (Å²) in [6.07, 6.45) is 7.03. The molecule has 0 spiro atoms. The molecule has 1 fully saturated rings. The van der Waals surface area contributed by atoms with E-state index in [1.54, 1.807) is 0 Å². The molecule has 0 aromatic heterocycles. The molecule has 1 aliphatic carbocycles. The van der Waals surface area contributed by atoms with E-state index in [2.05, 4.69) is 59.4 Å². The first kappa shape index (κ1) is 29.1. The van der Waals surface area contributed by atoms with Gasteiger partial charge in [0.15, 0.2) is 0 Å². The van der Waals surface area contributed by atoms with Crippen LogP contribution in [0, 0.1) is 0 Å². The molecule has 4 rings (SSSR count). The summed E-state index contributed by atoms with van der Waals surface area (Å²) < 4.78 is 0.962. The molecule has 0 radical (unpaired) electrons. The predicted molar refractivity (Wildman–Crippen MR) is 162 cm³/mol. The fourth-order valence-electron chi connectivity index (χ4n) is 5.39. The Morgan fingerprint density at radius 3 is 2.23 bits per heavy atom. The van der Waals surface area contributed by atoms with Crippen LogP contribution in [-0.2, 0) is 29.0 Å². The van der Waals surface area contributed by atoms with E-state index in [-0.39, 0.29) is 17.9 Å². The van der Waals surface area contributed by atoms with Crippen molar-refractivity contribution in [3.8, 4) is 0 Å². The van der Waals surface area contributed by atoms with Crippen molar-refractivity contribution in [2.75, 3.05) is 0 Å². The third-order valence-electron chi connectivity index (χ3n) is 7.74. The number of carbonyl (C=O) groups excluding carboxylic acids is 2. The highest BCUT2D eigenvalue weighted by Gasteiger charge is 2.31. The van der Waals surface area contributed by atoms with E-state index in [1.165, 1.54) is 12.0 Å². The fourth-order valence-corrected chi connectivity index (χ4v) is 5.84. The van der Waals surface area contributed by atoms with Gasteiger partial charge in [0, 0.05) is 29.9 Å². The molecule has 4 nitrogen and oxygen atoms in total. The van der Waals surface area contributed by atoms with Gasteiger partial charge >= 0.3 is 0 Å². The summed E-state index contributed by atoms with van der Waals surface area (Å²) in [5.74, 6) is 0.431. The first-order valence-corrected chi connectivity index (χ1v) is 15.2. The highest BCUT2D eigenvalue weighted by molar-refractivity contribution is 9.10. The minimum absolute atomic E-state index is 0.00244. The molecule has 0 heterocycles. The number of aryl methyl sites for hydroxylation is 1. The summed E-state index contributed by atoms with van der Waals surface area (Å²) >= 11 is 3.57. The predicted octanol–water partition coefficient (Wildman–Crippen LogP) is 7.59. The van der Waals surface area contributed by atoms with Crippen LogP contribution in [-0.4, -0.2) is 28.8 Å². The molecule has 2 amide bonds. The van der Waals surface area contributed by atoms with Gasteiger partial charge in [0.25, 0.3) is 0 Å². The lowest BCUT2D eigenvalue weighted by atomic mass is 9.94. The van der Waals surface area contributed by atoms with Gasteiger partial charge in [-0.1, -0.05) is 116 Å². The van der Waals surface area contributed by atoms with Crippen LogP contribution in [0.2, 0.25) is 0 Å². The second-order valence-electron chi connectivity index (χ2n) is 11.1. The van der Waals surface area contributed by atoms with E-state index in [0.29, 0.717) is 31.7 Å². The second kappa shape index (κ2) is 14.5. The van der Waals surface area contributed by atoms with Gasteiger partial charge in [-0.15, -0.1) is 0 Å². The van der Waals surface area contributed by atoms with E-state index < -0.39 is 6.04 Å². The first-order valence-electron chi connectivity index (χ1n) is 14.4. The van der Waals surface area contributed by atoms with Crippen LogP contribution in [0.15, 0.2) is 83.3 Å². The number of nitrogens with zero attached hydrogens (tertiary/aromatic N) is 1. The van der Waals surface area contributed by atoms with Crippen LogP contribution in [0.3, 0.4) is 0 Å². The molecular weight excluding hydrogens is 548 g/mol. The molecule has 3 aromatic rings.